The zero-order valence-electron chi connectivity index (χ0n) is 15.6. The summed E-state index contributed by atoms with van der Waals surface area (Å²) in [5, 5.41) is 2.53. The number of imidazole rings is 1. The van der Waals surface area contributed by atoms with Gasteiger partial charge >= 0.3 is 6.18 Å². The summed E-state index contributed by atoms with van der Waals surface area (Å²) in [6, 6.07) is -0.671. The highest BCUT2D eigenvalue weighted by Crippen LogP contribution is 2.31. The number of likely N-dealkylation sites (tertiary alicyclic amines) is 1. The Hall–Kier alpha value is -1.52. The van der Waals surface area contributed by atoms with E-state index in [-0.39, 0.29) is 55.0 Å². The Morgan fingerprint density at radius 2 is 1.89 bits per heavy atom. The van der Waals surface area contributed by atoms with Gasteiger partial charge in [-0.1, -0.05) is 13.8 Å². The van der Waals surface area contributed by atoms with Crippen LogP contribution < -0.4 is 11.1 Å². The van der Waals surface area contributed by atoms with Crippen LogP contribution in [0.5, 0.6) is 0 Å². The Morgan fingerprint density at radius 3 is 2.36 bits per heavy atom. The first-order chi connectivity index (χ1) is 12.1. The van der Waals surface area contributed by atoms with Gasteiger partial charge in [0.25, 0.3) is 0 Å². The lowest BCUT2D eigenvalue weighted by Gasteiger charge is -2.31. The number of carbonyl (C=O) groups is 2. The van der Waals surface area contributed by atoms with Gasteiger partial charge in [0.1, 0.15) is 11.5 Å². The van der Waals surface area contributed by atoms with Gasteiger partial charge in [0.2, 0.25) is 11.8 Å². The zero-order chi connectivity index (χ0) is 19.5. The van der Waals surface area contributed by atoms with E-state index in [4.69, 9.17) is 5.73 Å². The number of carbonyl (C=O) groups excluding carboxylic acids is 2. The maximum Gasteiger partial charge on any atom is 0.432 e. The zero-order valence-corrected chi connectivity index (χ0v) is 17.2. The summed E-state index contributed by atoms with van der Waals surface area (Å²) >= 11 is 0. The lowest BCUT2D eigenvalue weighted by Crippen LogP contribution is -2.49. The van der Waals surface area contributed by atoms with Crippen LogP contribution in [0, 0.1) is 5.92 Å². The van der Waals surface area contributed by atoms with Gasteiger partial charge in [-0.3, -0.25) is 9.59 Å². The summed E-state index contributed by atoms with van der Waals surface area (Å²) < 4.78 is 37.9. The van der Waals surface area contributed by atoms with Crippen molar-refractivity contribution in [3.05, 3.63) is 17.7 Å². The molecule has 1 aromatic heterocycles. The summed E-state index contributed by atoms with van der Waals surface area (Å²) in [6.07, 6.45) is -2.64. The normalized spacial score (nSPS) is 16.2. The highest BCUT2D eigenvalue weighted by atomic mass is 35.5. The maximum absolute atomic E-state index is 12.6. The fourth-order valence-corrected chi connectivity index (χ4v) is 2.79. The molecule has 162 valence electrons. The third kappa shape index (κ3) is 6.82. The van der Waals surface area contributed by atoms with E-state index in [2.05, 4.69) is 15.3 Å². The van der Waals surface area contributed by atoms with E-state index >= 15 is 0 Å². The van der Waals surface area contributed by atoms with Crippen molar-refractivity contribution in [2.45, 2.75) is 44.8 Å². The molecule has 0 aromatic carbocycles. The van der Waals surface area contributed by atoms with Gasteiger partial charge in [-0.15, -0.1) is 24.8 Å². The molecule has 7 nitrogen and oxygen atoms in total. The van der Waals surface area contributed by atoms with Crippen molar-refractivity contribution in [2.75, 3.05) is 19.6 Å². The smallest absolute Gasteiger partial charge is 0.346 e. The van der Waals surface area contributed by atoms with Crippen LogP contribution in [0.4, 0.5) is 13.2 Å². The van der Waals surface area contributed by atoms with Gasteiger partial charge in [-0.2, -0.15) is 13.2 Å². The van der Waals surface area contributed by atoms with Crippen LogP contribution in [0.3, 0.4) is 0 Å². The first kappa shape index (κ1) is 26.5. The molecular formula is C16H26Cl2F3N5O2. The van der Waals surface area contributed by atoms with Crippen LogP contribution in [-0.4, -0.2) is 52.4 Å². The van der Waals surface area contributed by atoms with Crippen LogP contribution in [-0.2, 0) is 15.8 Å². The number of nitrogens with one attached hydrogen (secondary N) is 2. The largest absolute Gasteiger partial charge is 0.432 e. The van der Waals surface area contributed by atoms with E-state index in [1.807, 2.05) is 13.8 Å². The summed E-state index contributed by atoms with van der Waals surface area (Å²) in [6.45, 7) is 4.30. The average Bonchev–Trinajstić information content (AvgIpc) is 3.09. The molecule has 2 amide bonds. The maximum atomic E-state index is 12.6. The van der Waals surface area contributed by atoms with Crippen LogP contribution in [0.25, 0.3) is 0 Å². The molecule has 0 unspecified atom stereocenters. The second-order valence-corrected chi connectivity index (χ2v) is 6.82. The number of hydrogen-bond acceptors (Lipinski definition) is 4. The Kier molecular flexibility index (Phi) is 10.3. The van der Waals surface area contributed by atoms with E-state index in [9.17, 15) is 22.8 Å². The van der Waals surface area contributed by atoms with Gasteiger partial charge in [0.15, 0.2) is 0 Å². The minimum absolute atomic E-state index is 0. The second kappa shape index (κ2) is 10.9. The molecule has 0 bridgehead atoms. The van der Waals surface area contributed by atoms with E-state index in [1.165, 1.54) is 0 Å². The first-order valence-corrected chi connectivity index (χ1v) is 8.52. The molecule has 2 heterocycles. The fraction of sp³-hybridized carbons (Fsp3) is 0.688. The topological polar surface area (TPSA) is 104 Å². The summed E-state index contributed by atoms with van der Waals surface area (Å²) in [4.78, 5) is 31.7. The van der Waals surface area contributed by atoms with E-state index in [0.29, 0.717) is 31.8 Å². The molecule has 0 radical (unpaired) electrons. The number of nitrogens with zero attached hydrogens (tertiary/aromatic N) is 2. The van der Waals surface area contributed by atoms with Crippen molar-refractivity contribution in [2.24, 2.45) is 11.7 Å². The number of aromatic nitrogens is 2. The predicted molar refractivity (Wildman–Crippen MR) is 102 cm³/mol. The van der Waals surface area contributed by atoms with Crippen LogP contribution in [0.1, 0.15) is 44.1 Å². The predicted octanol–water partition coefficient (Wildman–Crippen LogP) is 2.08. The summed E-state index contributed by atoms with van der Waals surface area (Å²) in [7, 11) is 0. The van der Waals surface area contributed by atoms with Crippen molar-refractivity contribution in [1.82, 2.24) is 20.2 Å². The van der Waals surface area contributed by atoms with Crippen LogP contribution in [0.2, 0.25) is 0 Å². The third-order valence-corrected chi connectivity index (χ3v) is 4.57. The molecule has 28 heavy (non-hydrogen) atoms. The van der Waals surface area contributed by atoms with Gasteiger partial charge in [-0.05, 0) is 18.8 Å². The minimum Gasteiger partial charge on any atom is -0.346 e. The Balaban J connectivity index is 0.00000364. The fourth-order valence-electron chi connectivity index (χ4n) is 2.79. The number of hydrogen-bond donors (Lipinski definition) is 3. The average molecular weight is 448 g/mol. The summed E-state index contributed by atoms with van der Waals surface area (Å²) in [5.74, 6) is -0.503. The molecule has 1 atom stereocenters. The monoisotopic (exact) mass is 447 g/mol. The molecular weight excluding hydrogens is 422 g/mol. The standard InChI is InChI=1S/C16H24F3N5O2.2ClH/c1-9(2)13(20)15(26)22-8-12(25)24-5-3-10(4-6-24)14-21-7-11(23-14)16(17,18)19;;/h7,9-10,13H,3-6,8,20H2,1-2H3,(H,21,23)(H,22,26);2*1H/t13-;;/m0../s1. The van der Waals surface area contributed by atoms with Gasteiger partial charge in [0, 0.05) is 19.0 Å². The van der Waals surface area contributed by atoms with Crippen LogP contribution >= 0.6 is 24.8 Å². The molecule has 1 aromatic rings. The van der Waals surface area contributed by atoms with Gasteiger partial charge in [-0.25, -0.2) is 4.98 Å². The molecule has 0 spiro atoms. The molecule has 0 saturated carbocycles. The molecule has 1 fully saturated rings. The first-order valence-electron chi connectivity index (χ1n) is 8.52. The van der Waals surface area contributed by atoms with Gasteiger partial charge in [0.05, 0.1) is 18.8 Å². The third-order valence-electron chi connectivity index (χ3n) is 4.57. The van der Waals surface area contributed by atoms with Gasteiger partial charge < -0.3 is 20.9 Å². The Morgan fingerprint density at radius 1 is 1.32 bits per heavy atom. The molecule has 1 aliphatic rings. The van der Waals surface area contributed by atoms with Crippen molar-refractivity contribution in [1.29, 1.82) is 0 Å². The molecule has 4 N–H and O–H groups in total. The molecule has 0 aliphatic carbocycles. The second-order valence-electron chi connectivity index (χ2n) is 6.82. The number of alkyl halides is 3. The van der Waals surface area contributed by atoms with E-state index in [1.54, 1.807) is 4.90 Å². The number of piperidine rings is 1. The highest BCUT2D eigenvalue weighted by molar-refractivity contribution is 5.87. The SMILES string of the molecule is CC(C)[C@H](N)C(=O)NCC(=O)N1CCC(c2ncc(C(F)(F)F)[nH]2)CC1.Cl.Cl. The summed E-state index contributed by atoms with van der Waals surface area (Å²) in [5.41, 5.74) is 4.85. The van der Waals surface area contributed by atoms with E-state index < -0.39 is 17.9 Å². The lowest BCUT2D eigenvalue weighted by molar-refractivity contribution is -0.141. The number of H-pyrrole nitrogens is 1. The van der Waals surface area contributed by atoms with Crippen LogP contribution in [0.15, 0.2) is 6.20 Å². The van der Waals surface area contributed by atoms with Crippen molar-refractivity contribution in [3.63, 3.8) is 0 Å². The molecule has 1 aliphatic heterocycles. The van der Waals surface area contributed by atoms with Crippen molar-refractivity contribution < 1.29 is 22.8 Å². The molecule has 12 heteroatoms. The number of nitrogens with two attached hydrogens (primary N) is 1. The Bertz CT molecular complexity index is 646. The molecule has 2 rings (SSSR count). The van der Waals surface area contributed by atoms with E-state index in [0.717, 1.165) is 6.20 Å². The highest BCUT2D eigenvalue weighted by Gasteiger charge is 2.34. The van der Waals surface area contributed by atoms with Crippen molar-refractivity contribution >= 4 is 36.6 Å². The Labute approximate surface area is 173 Å². The number of halogens is 5. The quantitative estimate of drug-likeness (QED) is 0.642. The molecule has 1 saturated heterocycles. The minimum atomic E-state index is -4.45. The number of rotatable bonds is 5. The lowest BCUT2D eigenvalue weighted by atomic mass is 9.96. The van der Waals surface area contributed by atoms with Crippen molar-refractivity contribution in [3.8, 4) is 0 Å². The number of amides is 2. The number of aromatic amines is 1.